The van der Waals surface area contributed by atoms with E-state index in [0.717, 1.165) is 0 Å². The summed E-state index contributed by atoms with van der Waals surface area (Å²) in [6.45, 7) is 0.308. The Morgan fingerprint density at radius 1 is 1.15 bits per heavy atom. The van der Waals surface area contributed by atoms with E-state index < -0.39 is 20.8 Å². The number of nitrogens with zero attached hydrogens (tertiary/aromatic N) is 5. The van der Waals surface area contributed by atoms with Gasteiger partial charge in [0, 0.05) is 35.7 Å². The lowest BCUT2D eigenvalue weighted by Crippen LogP contribution is -2.50. The third-order valence-electron chi connectivity index (χ3n) is 5.57. The molecular weight excluding hydrogens is 571 g/mol. The van der Waals surface area contributed by atoms with Crippen LogP contribution in [0.15, 0.2) is 42.5 Å². The zero-order chi connectivity index (χ0) is 28.0. The van der Waals surface area contributed by atoms with Crippen molar-refractivity contribution >= 4 is 38.9 Å². The van der Waals surface area contributed by atoms with Gasteiger partial charge in [-0.1, -0.05) is 35.0 Å². The third-order valence-corrected chi connectivity index (χ3v) is 7.72. The molecule has 1 aliphatic rings. The van der Waals surface area contributed by atoms with Gasteiger partial charge in [0.1, 0.15) is 0 Å². The predicted molar refractivity (Wildman–Crippen MR) is 144 cm³/mol. The van der Waals surface area contributed by atoms with Crippen LogP contribution in [0, 0.1) is 22.0 Å². The van der Waals surface area contributed by atoms with Crippen molar-refractivity contribution in [2.45, 2.75) is 12.8 Å². The summed E-state index contributed by atoms with van der Waals surface area (Å²) < 4.78 is 24.8. The Labute approximate surface area is 233 Å². The van der Waals surface area contributed by atoms with Crippen LogP contribution in [0.2, 0.25) is 10.0 Å². The number of hydrogen-bond donors (Lipinski definition) is 1. The van der Waals surface area contributed by atoms with Crippen LogP contribution < -0.4 is 5.43 Å². The number of halogens is 2. The molecule has 0 radical (unpaired) electrons. The molecule has 2 aromatic carbocycles. The van der Waals surface area contributed by atoms with Crippen LogP contribution in [0.5, 0.6) is 0 Å². The Balaban J connectivity index is 1.57. The lowest BCUT2D eigenvalue weighted by atomic mass is 10.1. The van der Waals surface area contributed by atoms with Gasteiger partial charge in [-0.3, -0.25) is 10.2 Å². The fraction of sp³-hybridized carbons (Fsp3) is 0.292. The summed E-state index contributed by atoms with van der Waals surface area (Å²) >= 11 is 12.5. The maximum absolute atomic E-state index is 13.0. The first-order valence-corrected chi connectivity index (χ1v) is 14.2. The Bertz CT molecular complexity index is 1540. The van der Waals surface area contributed by atoms with Crippen LogP contribution in [-0.2, 0) is 14.7 Å². The standard InChI is InChI=1S/C24H22Cl2N6O6S/c25-19-9-10-21(20(26)16-19)31-23(18-7-5-17(6-8-18)4-2-1-3-13-38-32(34)35)27-22(28-31)24(33)29-30-11-14-39(36,37)15-12-30/h5-10,16H,1,3,11-15H2,(H,29,33). The number of carbonyl (C=O) groups excluding carboxylic acids is 1. The quantitative estimate of drug-likeness (QED) is 0.180. The van der Waals surface area contributed by atoms with Crippen LogP contribution in [0.1, 0.15) is 29.0 Å². The number of hydrazine groups is 1. The highest BCUT2D eigenvalue weighted by Crippen LogP contribution is 2.28. The van der Waals surface area contributed by atoms with Gasteiger partial charge in [0.2, 0.25) is 5.82 Å². The van der Waals surface area contributed by atoms with Crippen molar-refractivity contribution in [2.75, 3.05) is 31.2 Å². The Morgan fingerprint density at radius 2 is 1.87 bits per heavy atom. The van der Waals surface area contributed by atoms with Gasteiger partial charge in [-0.25, -0.2) is 23.1 Å². The Morgan fingerprint density at radius 3 is 2.54 bits per heavy atom. The minimum Gasteiger partial charge on any atom is -0.314 e. The maximum atomic E-state index is 13.0. The second kappa shape index (κ2) is 12.4. The molecular formula is C24H22Cl2N6O6S. The van der Waals surface area contributed by atoms with Crippen LogP contribution in [0.4, 0.5) is 0 Å². The van der Waals surface area contributed by atoms with Crippen molar-refractivity contribution in [3.63, 3.8) is 0 Å². The highest BCUT2D eigenvalue weighted by molar-refractivity contribution is 7.91. The van der Waals surface area contributed by atoms with E-state index in [1.807, 2.05) is 0 Å². The van der Waals surface area contributed by atoms with E-state index in [2.05, 4.69) is 32.2 Å². The molecule has 1 N–H and O–H groups in total. The fourth-order valence-electron chi connectivity index (χ4n) is 3.60. The highest BCUT2D eigenvalue weighted by Gasteiger charge is 2.26. The summed E-state index contributed by atoms with van der Waals surface area (Å²) in [5, 5.41) is 16.0. The van der Waals surface area contributed by atoms with Gasteiger partial charge in [-0.05, 0) is 48.9 Å². The van der Waals surface area contributed by atoms with E-state index in [9.17, 15) is 23.3 Å². The van der Waals surface area contributed by atoms with E-state index >= 15 is 0 Å². The van der Waals surface area contributed by atoms with Gasteiger partial charge < -0.3 is 4.84 Å². The van der Waals surface area contributed by atoms with Crippen LogP contribution in [-0.4, -0.2) is 70.4 Å². The molecule has 0 bridgehead atoms. The zero-order valence-electron chi connectivity index (χ0n) is 20.3. The molecule has 4 rings (SSSR count). The van der Waals surface area contributed by atoms with Gasteiger partial charge in [0.15, 0.2) is 15.7 Å². The molecule has 2 heterocycles. The van der Waals surface area contributed by atoms with Crippen molar-refractivity contribution in [3.8, 4) is 28.9 Å². The number of nitrogens with one attached hydrogen (secondary N) is 1. The minimum atomic E-state index is -3.11. The van der Waals surface area contributed by atoms with E-state index in [-0.39, 0.29) is 37.0 Å². The van der Waals surface area contributed by atoms with Crippen molar-refractivity contribution < 1.29 is 23.1 Å². The summed E-state index contributed by atoms with van der Waals surface area (Å²) in [6.07, 6.45) is 0.857. The molecule has 1 aromatic heterocycles. The van der Waals surface area contributed by atoms with Crippen molar-refractivity contribution in [3.05, 3.63) is 74.0 Å². The van der Waals surface area contributed by atoms with Crippen LogP contribution >= 0.6 is 23.2 Å². The van der Waals surface area contributed by atoms with Crippen molar-refractivity contribution in [1.29, 1.82) is 0 Å². The summed E-state index contributed by atoms with van der Waals surface area (Å²) in [7, 11) is -3.11. The number of amides is 1. The molecule has 1 amide bonds. The first-order valence-electron chi connectivity index (χ1n) is 11.7. The molecule has 15 heteroatoms. The molecule has 0 saturated carbocycles. The SMILES string of the molecule is O=C(NN1CCS(=O)(=O)CC1)c1nc(-c2ccc(C#CCCCO[N+](=O)[O-])cc2)n(-c2ccc(Cl)cc2Cl)n1. The topological polar surface area (TPSA) is 150 Å². The average Bonchev–Trinajstić information content (AvgIpc) is 3.33. The van der Waals surface area contributed by atoms with E-state index in [0.29, 0.717) is 45.5 Å². The van der Waals surface area contributed by atoms with Gasteiger partial charge >= 0.3 is 5.91 Å². The predicted octanol–water partition coefficient (Wildman–Crippen LogP) is 2.96. The number of sulfone groups is 1. The molecule has 0 aliphatic carbocycles. The van der Waals surface area contributed by atoms with Crippen molar-refractivity contribution in [1.82, 2.24) is 25.2 Å². The van der Waals surface area contributed by atoms with Crippen LogP contribution in [0.25, 0.3) is 17.1 Å². The smallest absolute Gasteiger partial charge is 0.305 e. The third kappa shape index (κ3) is 7.67. The van der Waals surface area contributed by atoms with Gasteiger partial charge in [0.25, 0.3) is 5.09 Å². The molecule has 1 fully saturated rings. The Kier molecular flexibility index (Phi) is 9.03. The molecule has 204 valence electrons. The van der Waals surface area contributed by atoms with E-state index in [1.165, 1.54) is 9.69 Å². The number of carbonyl (C=O) groups is 1. The van der Waals surface area contributed by atoms with Gasteiger partial charge in [-0.2, -0.15) is 0 Å². The highest BCUT2D eigenvalue weighted by atomic mass is 35.5. The van der Waals surface area contributed by atoms with E-state index in [1.54, 1.807) is 42.5 Å². The number of unbranched alkanes of at least 4 members (excludes halogenated alkanes) is 1. The average molecular weight is 593 g/mol. The molecule has 39 heavy (non-hydrogen) atoms. The molecule has 0 spiro atoms. The monoisotopic (exact) mass is 592 g/mol. The summed E-state index contributed by atoms with van der Waals surface area (Å²) in [4.78, 5) is 31.9. The van der Waals surface area contributed by atoms with Gasteiger partial charge in [0.05, 0.1) is 28.8 Å². The first-order chi connectivity index (χ1) is 18.6. The largest absolute Gasteiger partial charge is 0.314 e. The first kappa shape index (κ1) is 28.3. The van der Waals surface area contributed by atoms with Gasteiger partial charge in [-0.15, -0.1) is 15.2 Å². The second-order valence-corrected chi connectivity index (χ2v) is 11.5. The van der Waals surface area contributed by atoms with E-state index in [4.69, 9.17) is 23.2 Å². The zero-order valence-corrected chi connectivity index (χ0v) is 22.7. The molecule has 0 unspecified atom stereocenters. The minimum absolute atomic E-state index is 0.0176. The Hall–Kier alpha value is -3.70. The number of hydrogen-bond acceptors (Lipinski definition) is 9. The molecule has 0 atom stereocenters. The lowest BCUT2D eigenvalue weighted by molar-refractivity contribution is -0.757. The number of benzene rings is 2. The van der Waals surface area contributed by atoms with Crippen LogP contribution in [0.3, 0.4) is 0 Å². The van der Waals surface area contributed by atoms with Crippen molar-refractivity contribution in [2.24, 2.45) is 0 Å². The molecule has 1 aliphatic heterocycles. The summed E-state index contributed by atoms with van der Waals surface area (Å²) in [5.41, 5.74) is 4.45. The molecule has 1 saturated heterocycles. The number of rotatable bonds is 8. The fourth-order valence-corrected chi connectivity index (χ4v) is 5.29. The lowest BCUT2D eigenvalue weighted by Gasteiger charge is -2.26. The molecule has 12 nitrogen and oxygen atoms in total. The normalized spacial score (nSPS) is 14.7. The maximum Gasteiger partial charge on any atom is 0.305 e. The second-order valence-electron chi connectivity index (χ2n) is 8.39. The summed E-state index contributed by atoms with van der Waals surface area (Å²) in [6, 6.07) is 11.9. The number of aromatic nitrogens is 3. The molecule has 3 aromatic rings. The summed E-state index contributed by atoms with van der Waals surface area (Å²) in [5.74, 6) is 5.42.